The first-order valence-corrected chi connectivity index (χ1v) is 7.36. The summed E-state index contributed by atoms with van der Waals surface area (Å²) in [7, 11) is 0. The highest BCUT2D eigenvalue weighted by atomic mass is 16.4. The molecule has 3 unspecified atom stereocenters. The molecule has 0 saturated heterocycles. The van der Waals surface area contributed by atoms with Crippen molar-refractivity contribution >= 4 is 11.9 Å². The smallest absolute Gasteiger partial charge is 0.323 e. The number of allylic oxidation sites excluding steroid dienone is 2. The van der Waals surface area contributed by atoms with Gasteiger partial charge in [-0.05, 0) is 30.2 Å². The van der Waals surface area contributed by atoms with E-state index in [0.29, 0.717) is 18.4 Å². The van der Waals surface area contributed by atoms with Crippen molar-refractivity contribution in [2.45, 2.75) is 19.4 Å². The molecular formula is C17H19NO3. The van der Waals surface area contributed by atoms with E-state index in [2.05, 4.69) is 12.2 Å². The van der Waals surface area contributed by atoms with E-state index in [9.17, 15) is 9.59 Å². The van der Waals surface area contributed by atoms with E-state index < -0.39 is 5.97 Å². The summed E-state index contributed by atoms with van der Waals surface area (Å²) in [6, 6.07) is 9.55. The van der Waals surface area contributed by atoms with E-state index >= 15 is 0 Å². The third-order valence-corrected chi connectivity index (χ3v) is 4.45. The molecule has 110 valence electrons. The Labute approximate surface area is 124 Å². The molecular weight excluding hydrogens is 266 g/mol. The predicted octanol–water partition coefficient (Wildman–Crippen LogP) is 2.31. The number of nitrogens with zero attached hydrogens (tertiary/aromatic N) is 1. The molecule has 0 radical (unpaired) electrons. The zero-order valence-corrected chi connectivity index (χ0v) is 11.8. The summed E-state index contributed by atoms with van der Waals surface area (Å²) in [5.74, 6) is -0.207. The van der Waals surface area contributed by atoms with Crippen LogP contribution in [0.15, 0.2) is 42.5 Å². The quantitative estimate of drug-likeness (QED) is 0.845. The van der Waals surface area contributed by atoms with Gasteiger partial charge in [0.05, 0.1) is 0 Å². The number of carbonyl (C=O) groups excluding carboxylic acids is 1. The van der Waals surface area contributed by atoms with Gasteiger partial charge in [-0.15, -0.1) is 0 Å². The molecule has 21 heavy (non-hydrogen) atoms. The molecule has 2 bridgehead atoms. The number of benzene rings is 1. The number of aliphatic carboxylic acids is 1. The van der Waals surface area contributed by atoms with Gasteiger partial charge < -0.3 is 10.0 Å². The van der Waals surface area contributed by atoms with Crippen molar-refractivity contribution in [3.63, 3.8) is 0 Å². The van der Waals surface area contributed by atoms with Crippen LogP contribution in [-0.2, 0) is 16.1 Å². The molecule has 1 N–H and O–H groups in total. The molecule has 4 nitrogen and oxygen atoms in total. The molecule has 1 aromatic carbocycles. The number of carboxylic acids is 1. The van der Waals surface area contributed by atoms with Crippen molar-refractivity contribution in [2.75, 3.05) is 6.54 Å². The Balaban J connectivity index is 1.74. The zero-order valence-electron chi connectivity index (χ0n) is 11.8. The number of carbonyl (C=O) groups is 2. The molecule has 2 aliphatic carbocycles. The summed E-state index contributed by atoms with van der Waals surface area (Å²) in [6.07, 6.45) is 6.22. The molecule has 1 saturated carbocycles. The molecule has 1 aromatic rings. The van der Waals surface area contributed by atoms with Crippen LogP contribution in [-0.4, -0.2) is 28.4 Å². The van der Waals surface area contributed by atoms with Crippen LogP contribution in [0.2, 0.25) is 0 Å². The average molecular weight is 285 g/mol. The summed E-state index contributed by atoms with van der Waals surface area (Å²) in [6.45, 7) is 0.134. The van der Waals surface area contributed by atoms with Crippen molar-refractivity contribution in [1.82, 2.24) is 4.90 Å². The predicted molar refractivity (Wildman–Crippen MR) is 78.3 cm³/mol. The second-order valence-electron chi connectivity index (χ2n) is 5.96. The van der Waals surface area contributed by atoms with Crippen molar-refractivity contribution < 1.29 is 14.7 Å². The SMILES string of the molecule is O=C(O)CN(Cc1ccccc1)C(=O)C1CC2C=CC1C2. The Hall–Kier alpha value is -2.10. The fourth-order valence-electron chi connectivity index (χ4n) is 3.48. The number of amides is 1. The summed E-state index contributed by atoms with van der Waals surface area (Å²) in [4.78, 5) is 25.3. The van der Waals surface area contributed by atoms with Crippen LogP contribution in [0.5, 0.6) is 0 Å². The summed E-state index contributed by atoms with van der Waals surface area (Å²) in [5.41, 5.74) is 0.964. The molecule has 3 rings (SSSR count). The molecule has 0 aromatic heterocycles. The Bertz CT molecular complexity index is 567. The van der Waals surface area contributed by atoms with E-state index in [1.807, 2.05) is 30.3 Å². The number of hydrogen-bond acceptors (Lipinski definition) is 2. The number of carboxylic acid groups (broad SMARTS) is 1. The minimum atomic E-state index is -0.960. The van der Waals surface area contributed by atoms with Gasteiger partial charge in [0.2, 0.25) is 5.91 Å². The lowest BCUT2D eigenvalue weighted by Crippen LogP contribution is -2.40. The van der Waals surface area contributed by atoms with Gasteiger partial charge in [0.15, 0.2) is 0 Å². The molecule has 2 aliphatic rings. The summed E-state index contributed by atoms with van der Waals surface area (Å²) >= 11 is 0. The lowest BCUT2D eigenvalue weighted by Gasteiger charge is -2.27. The summed E-state index contributed by atoms with van der Waals surface area (Å²) in [5, 5.41) is 9.08. The van der Waals surface area contributed by atoms with Gasteiger partial charge in [-0.2, -0.15) is 0 Å². The highest BCUT2D eigenvalue weighted by Crippen LogP contribution is 2.44. The number of fused-ring (bicyclic) bond motifs is 2. The van der Waals surface area contributed by atoms with Crippen molar-refractivity contribution in [1.29, 1.82) is 0 Å². The third-order valence-electron chi connectivity index (χ3n) is 4.45. The minimum Gasteiger partial charge on any atom is -0.480 e. The minimum absolute atomic E-state index is 0.0156. The second-order valence-corrected chi connectivity index (χ2v) is 5.96. The van der Waals surface area contributed by atoms with Gasteiger partial charge in [0.1, 0.15) is 6.54 Å². The van der Waals surface area contributed by atoms with Crippen molar-refractivity contribution in [3.05, 3.63) is 48.0 Å². The Kier molecular flexibility index (Phi) is 3.78. The van der Waals surface area contributed by atoms with Gasteiger partial charge in [-0.1, -0.05) is 42.5 Å². The highest BCUT2D eigenvalue weighted by molar-refractivity contribution is 5.84. The van der Waals surface area contributed by atoms with Crippen LogP contribution in [0.4, 0.5) is 0 Å². The Morgan fingerprint density at radius 2 is 1.90 bits per heavy atom. The molecule has 4 heteroatoms. The molecule has 0 heterocycles. The maximum atomic E-state index is 12.7. The Morgan fingerprint density at radius 3 is 2.48 bits per heavy atom. The van der Waals surface area contributed by atoms with Crippen LogP contribution in [0.25, 0.3) is 0 Å². The second kappa shape index (κ2) is 5.72. The van der Waals surface area contributed by atoms with Crippen molar-refractivity contribution in [2.24, 2.45) is 17.8 Å². The van der Waals surface area contributed by atoms with Gasteiger partial charge >= 0.3 is 5.97 Å². The zero-order chi connectivity index (χ0) is 14.8. The molecule has 0 spiro atoms. The maximum Gasteiger partial charge on any atom is 0.323 e. The number of hydrogen-bond donors (Lipinski definition) is 1. The molecule has 1 amide bonds. The average Bonchev–Trinajstić information content (AvgIpc) is 3.09. The molecule has 3 atom stereocenters. The van der Waals surface area contributed by atoms with E-state index in [1.165, 1.54) is 4.90 Å². The van der Waals surface area contributed by atoms with E-state index in [0.717, 1.165) is 18.4 Å². The third kappa shape index (κ3) is 2.99. The van der Waals surface area contributed by atoms with Crippen molar-refractivity contribution in [3.8, 4) is 0 Å². The summed E-state index contributed by atoms with van der Waals surface area (Å²) < 4.78 is 0. The topological polar surface area (TPSA) is 57.6 Å². The molecule has 0 aliphatic heterocycles. The Morgan fingerprint density at radius 1 is 1.14 bits per heavy atom. The normalized spacial score (nSPS) is 26.0. The van der Waals surface area contributed by atoms with E-state index in [1.54, 1.807) is 0 Å². The fourth-order valence-corrected chi connectivity index (χ4v) is 3.48. The van der Waals surface area contributed by atoms with Crippen LogP contribution in [0.3, 0.4) is 0 Å². The first-order chi connectivity index (χ1) is 10.1. The lowest BCUT2D eigenvalue weighted by molar-refractivity contribution is -0.147. The van der Waals surface area contributed by atoms with Crippen LogP contribution < -0.4 is 0 Å². The van der Waals surface area contributed by atoms with Gasteiger partial charge in [0.25, 0.3) is 0 Å². The van der Waals surface area contributed by atoms with Gasteiger partial charge in [0, 0.05) is 12.5 Å². The first kappa shape index (κ1) is 13.9. The first-order valence-electron chi connectivity index (χ1n) is 7.36. The number of rotatable bonds is 5. The van der Waals surface area contributed by atoms with E-state index in [4.69, 9.17) is 5.11 Å². The van der Waals surface area contributed by atoms with Gasteiger partial charge in [-0.3, -0.25) is 9.59 Å². The van der Waals surface area contributed by atoms with E-state index in [-0.39, 0.29) is 18.4 Å². The fraction of sp³-hybridized carbons (Fsp3) is 0.412. The monoisotopic (exact) mass is 285 g/mol. The maximum absolute atomic E-state index is 12.7. The standard InChI is InChI=1S/C17H19NO3/c19-16(20)11-18(10-12-4-2-1-3-5-12)17(21)15-9-13-6-7-14(15)8-13/h1-7,13-15H,8-11H2,(H,19,20). The van der Waals surface area contributed by atoms with Crippen LogP contribution >= 0.6 is 0 Å². The largest absolute Gasteiger partial charge is 0.480 e. The lowest BCUT2D eigenvalue weighted by atomic mass is 9.92. The molecule has 1 fully saturated rings. The van der Waals surface area contributed by atoms with Crippen LogP contribution in [0.1, 0.15) is 18.4 Å². The van der Waals surface area contributed by atoms with Gasteiger partial charge in [-0.25, -0.2) is 0 Å². The highest BCUT2D eigenvalue weighted by Gasteiger charge is 2.41. The van der Waals surface area contributed by atoms with Crippen LogP contribution in [0, 0.1) is 17.8 Å².